The second-order valence-electron chi connectivity index (χ2n) is 4.08. The third kappa shape index (κ3) is 2.61. The van der Waals surface area contributed by atoms with Crippen LogP contribution in [0.5, 0.6) is 0 Å². The number of hydrogen-bond donors (Lipinski definition) is 1. The lowest BCUT2D eigenvalue weighted by molar-refractivity contribution is 0.584. The Bertz CT molecular complexity index is 504. The van der Waals surface area contributed by atoms with Gasteiger partial charge in [-0.15, -0.1) is 0 Å². The molecular weight excluding hydrogens is 219 g/mol. The Morgan fingerprint density at radius 3 is 2.71 bits per heavy atom. The number of anilines is 1. The number of nitrogens with zero attached hydrogens (tertiary/aromatic N) is 3. The van der Waals surface area contributed by atoms with Gasteiger partial charge in [-0.1, -0.05) is 0 Å². The fraction of sp³-hybridized carbons (Fsp3) is 0.333. The molecule has 0 fully saturated rings. The van der Waals surface area contributed by atoms with E-state index in [1.165, 1.54) is 12.3 Å². The van der Waals surface area contributed by atoms with Gasteiger partial charge in [0.15, 0.2) is 0 Å². The molecule has 4 nitrogen and oxygen atoms in total. The molecule has 1 atom stereocenters. The molecule has 0 aromatic carbocycles. The molecule has 0 saturated carbocycles. The van der Waals surface area contributed by atoms with Crippen molar-refractivity contribution in [3.05, 3.63) is 41.7 Å². The number of halogens is 1. The number of aryl methyl sites for hydroxylation is 2. The minimum Gasteiger partial charge on any atom is -0.377 e. The summed E-state index contributed by atoms with van der Waals surface area (Å²) in [6, 6.07) is 3.12. The van der Waals surface area contributed by atoms with Crippen molar-refractivity contribution in [3.63, 3.8) is 0 Å². The van der Waals surface area contributed by atoms with Crippen molar-refractivity contribution in [3.8, 4) is 0 Å². The van der Waals surface area contributed by atoms with Crippen molar-refractivity contribution in [2.24, 2.45) is 7.05 Å². The summed E-state index contributed by atoms with van der Waals surface area (Å²) in [7, 11) is 1.89. The number of pyridine rings is 1. The maximum absolute atomic E-state index is 12.7. The van der Waals surface area contributed by atoms with Gasteiger partial charge in [-0.2, -0.15) is 9.49 Å². The zero-order chi connectivity index (χ0) is 12.4. The summed E-state index contributed by atoms with van der Waals surface area (Å²) in [5, 5.41) is 7.55. The second-order valence-corrected chi connectivity index (χ2v) is 4.08. The first-order chi connectivity index (χ1) is 8.06. The average molecular weight is 234 g/mol. The summed E-state index contributed by atoms with van der Waals surface area (Å²) in [6.45, 7) is 4.00. The van der Waals surface area contributed by atoms with Crippen LogP contribution in [0.15, 0.2) is 24.5 Å². The molecule has 0 amide bonds. The van der Waals surface area contributed by atoms with Gasteiger partial charge >= 0.3 is 0 Å². The van der Waals surface area contributed by atoms with E-state index in [1.54, 1.807) is 10.7 Å². The van der Waals surface area contributed by atoms with Crippen LogP contribution in [0.2, 0.25) is 0 Å². The number of nitrogens with one attached hydrogen (secondary N) is 1. The molecule has 17 heavy (non-hydrogen) atoms. The van der Waals surface area contributed by atoms with Crippen molar-refractivity contribution < 1.29 is 4.39 Å². The summed E-state index contributed by atoms with van der Waals surface area (Å²) in [5.74, 6) is -0.472. The van der Waals surface area contributed by atoms with E-state index < -0.39 is 5.95 Å². The highest BCUT2D eigenvalue weighted by atomic mass is 19.1. The summed E-state index contributed by atoms with van der Waals surface area (Å²) in [5.41, 5.74) is 2.90. The van der Waals surface area contributed by atoms with Gasteiger partial charge in [0.25, 0.3) is 0 Å². The predicted octanol–water partition coefficient (Wildman–Crippen LogP) is 2.44. The Morgan fingerprint density at radius 2 is 2.18 bits per heavy atom. The molecule has 0 radical (unpaired) electrons. The van der Waals surface area contributed by atoms with Gasteiger partial charge in [0, 0.05) is 18.8 Å². The molecule has 0 spiro atoms. The van der Waals surface area contributed by atoms with E-state index in [-0.39, 0.29) is 6.04 Å². The molecule has 1 N–H and O–H groups in total. The lowest BCUT2D eigenvalue weighted by Gasteiger charge is -2.14. The summed E-state index contributed by atoms with van der Waals surface area (Å²) in [4.78, 5) is 3.60. The standard InChI is InChI=1S/C12H15FN4/c1-8(11-7-17(3)16-9(11)2)15-10-4-5-12(13)14-6-10/h4-8,15H,1-3H3. The minimum atomic E-state index is -0.472. The minimum absolute atomic E-state index is 0.107. The van der Waals surface area contributed by atoms with E-state index in [0.717, 1.165) is 16.9 Å². The SMILES string of the molecule is Cc1nn(C)cc1C(C)Nc1ccc(F)nc1. The first-order valence-corrected chi connectivity index (χ1v) is 5.44. The van der Waals surface area contributed by atoms with Gasteiger partial charge < -0.3 is 5.32 Å². The van der Waals surface area contributed by atoms with Gasteiger partial charge in [0.2, 0.25) is 5.95 Å². The summed E-state index contributed by atoms with van der Waals surface area (Å²) >= 11 is 0. The highest BCUT2D eigenvalue weighted by Gasteiger charge is 2.11. The highest BCUT2D eigenvalue weighted by Crippen LogP contribution is 2.20. The van der Waals surface area contributed by atoms with Crippen molar-refractivity contribution >= 4 is 5.69 Å². The van der Waals surface area contributed by atoms with E-state index in [4.69, 9.17) is 0 Å². The Labute approximate surface area is 99.5 Å². The smallest absolute Gasteiger partial charge is 0.212 e. The van der Waals surface area contributed by atoms with E-state index in [0.29, 0.717) is 0 Å². The van der Waals surface area contributed by atoms with Gasteiger partial charge in [-0.25, -0.2) is 4.98 Å². The molecule has 1 unspecified atom stereocenters. The molecule has 0 aliphatic carbocycles. The Kier molecular flexibility index (Phi) is 3.08. The highest BCUT2D eigenvalue weighted by molar-refractivity contribution is 5.43. The van der Waals surface area contributed by atoms with Crippen LogP contribution in [0, 0.1) is 12.9 Å². The van der Waals surface area contributed by atoms with Gasteiger partial charge in [0.05, 0.1) is 23.6 Å². The van der Waals surface area contributed by atoms with E-state index in [1.807, 2.05) is 27.1 Å². The Balaban J connectivity index is 2.14. The topological polar surface area (TPSA) is 42.7 Å². The molecular formula is C12H15FN4. The monoisotopic (exact) mass is 234 g/mol. The molecule has 0 aliphatic rings. The Morgan fingerprint density at radius 1 is 1.41 bits per heavy atom. The molecule has 5 heteroatoms. The van der Waals surface area contributed by atoms with Gasteiger partial charge in [-0.05, 0) is 26.0 Å². The number of hydrogen-bond acceptors (Lipinski definition) is 3. The number of aromatic nitrogens is 3. The Hall–Kier alpha value is -1.91. The maximum Gasteiger partial charge on any atom is 0.212 e. The quantitative estimate of drug-likeness (QED) is 0.829. The molecule has 0 saturated heterocycles. The summed E-state index contributed by atoms with van der Waals surface area (Å²) in [6.07, 6.45) is 3.46. The van der Waals surface area contributed by atoms with Crippen LogP contribution in [-0.4, -0.2) is 14.8 Å². The molecule has 2 aromatic rings. The van der Waals surface area contributed by atoms with Crippen molar-refractivity contribution in [2.45, 2.75) is 19.9 Å². The third-order valence-corrected chi connectivity index (χ3v) is 2.63. The third-order valence-electron chi connectivity index (χ3n) is 2.63. The molecule has 2 heterocycles. The molecule has 0 bridgehead atoms. The van der Waals surface area contributed by atoms with E-state index in [2.05, 4.69) is 15.4 Å². The van der Waals surface area contributed by atoms with Crippen molar-refractivity contribution in [1.82, 2.24) is 14.8 Å². The van der Waals surface area contributed by atoms with Crippen LogP contribution in [0.25, 0.3) is 0 Å². The van der Waals surface area contributed by atoms with Crippen LogP contribution in [0.3, 0.4) is 0 Å². The first kappa shape index (κ1) is 11.6. The van der Waals surface area contributed by atoms with Crippen LogP contribution in [0.1, 0.15) is 24.2 Å². The number of rotatable bonds is 3. The van der Waals surface area contributed by atoms with Crippen LogP contribution in [-0.2, 0) is 7.05 Å². The van der Waals surface area contributed by atoms with E-state index >= 15 is 0 Å². The largest absolute Gasteiger partial charge is 0.377 e. The van der Waals surface area contributed by atoms with Gasteiger partial charge in [-0.3, -0.25) is 4.68 Å². The van der Waals surface area contributed by atoms with Crippen LogP contribution >= 0.6 is 0 Å². The molecule has 90 valence electrons. The van der Waals surface area contributed by atoms with Crippen LogP contribution < -0.4 is 5.32 Å². The average Bonchev–Trinajstić information content (AvgIpc) is 2.61. The van der Waals surface area contributed by atoms with E-state index in [9.17, 15) is 4.39 Å². The fourth-order valence-electron chi connectivity index (χ4n) is 1.83. The predicted molar refractivity (Wildman–Crippen MR) is 64.2 cm³/mol. The van der Waals surface area contributed by atoms with Gasteiger partial charge in [0.1, 0.15) is 0 Å². The lowest BCUT2D eigenvalue weighted by atomic mass is 10.1. The second kappa shape index (κ2) is 4.53. The lowest BCUT2D eigenvalue weighted by Crippen LogP contribution is -2.07. The zero-order valence-corrected chi connectivity index (χ0v) is 10.1. The fourth-order valence-corrected chi connectivity index (χ4v) is 1.83. The molecule has 2 rings (SSSR count). The van der Waals surface area contributed by atoms with Crippen molar-refractivity contribution in [2.75, 3.05) is 5.32 Å². The molecule has 2 aromatic heterocycles. The first-order valence-electron chi connectivity index (χ1n) is 5.44. The van der Waals surface area contributed by atoms with Crippen LogP contribution in [0.4, 0.5) is 10.1 Å². The summed E-state index contributed by atoms with van der Waals surface area (Å²) < 4.78 is 14.4. The normalized spacial score (nSPS) is 12.5. The zero-order valence-electron chi connectivity index (χ0n) is 10.1. The maximum atomic E-state index is 12.7. The molecule has 0 aliphatic heterocycles. The van der Waals surface area contributed by atoms with Crippen molar-refractivity contribution in [1.29, 1.82) is 0 Å².